The van der Waals surface area contributed by atoms with Gasteiger partial charge < -0.3 is 14.4 Å². The molecule has 0 amide bonds. The third kappa shape index (κ3) is 3.60. The first-order chi connectivity index (χ1) is 13.2. The standard InChI is InChI=1S/C20H19ClFN3O2/c21-20-19-14(5-6-23-20)11-17(12-24-7-9-27-10-8-24)25(18(19)13-26)16-3-1-15(22)2-4-16/h1-6,11,13,18H,7-10,12H2. The Balaban J connectivity index is 1.79. The van der Waals surface area contributed by atoms with Gasteiger partial charge in [-0.1, -0.05) is 11.6 Å². The van der Waals surface area contributed by atoms with E-state index in [0.717, 1.165) is 36.3 Å². The van der Waals surface area contributed by atoms with E-state index in [-0.39, 0.29) is 5.82 Å². The highest BCUT2D eigenvalue weighted by molar-refractivity contribution is 6.30. The van der Waals surface area contributed by atoms with Crippen molar-refractivity contribution < 1.29 is 13.9 Å². The van der Waals surface area contributed by atoms with Crippen LogP contribution in [0.2, 0.25) is 5.15 Å². The van der Waals surface area contributed by atoms with Crippen LogP contribution in [0.5, 0.6) is 0 Å². The van der Waals surface area contributed by atoms with Gasteiger partial charge in [-0.25, -0.2) is 9.37 Å². The fourth-order valence-corrected chi connectivity index (χ4v) is 3.88. The van der Waals surface area contributed by atoms with Gasteiger partial charge in [-0.15, -0.1) is 0 Å². The number of pyridine rings is 1. The van der Waals surface area contributed by atoms with Gasteiger partial charge in [0.1, 0.15) is 23.3 Å². The minimum absolute atomic E-state index is 0.304. The summed E-state index contributed by atoms with van der Waals surface area (Å²) in [4.78, 5) is 20.4. The highest BCUT2D eigenvalue weighted by Crippen LogP contribution is 2.39. The summed E-state index contributed by atoms with van der Waals surface area (Å²) in [6, 6.07) is 7.38. The van der Waals surface area contributed by atoms with Crippen LogP contribution in [0, 0.1) is 5.82 Å². The van der Waals surface area contributed by atoms with Gasteiger partial charge in [0.15, 0.2) is 0 Å². The fourth-order valence-electron chi connectivity index (χ4n) is 3.60. The second-order valence-electron chi connectivity index (χ2n) is 6.56. The summed E-state index contributed by atoms with van der Waals surface area (Å²) in [7, 11) is 0. The molecule has 7 heteroatoms. The van der Waals surface area contributed by atoms with Crippen molar-refractivity contribution in [3.05, 3.63) is 64.3 Å². The number of halogens is 2. The molecule has 1 unspecified atom stereocenters. The zero-order chi connectivity index (χ0) is 18.8. The number of aldehydes is 1. The van der Waals surface area contributed by atoms with E-state index >= 15 is 0 Å². The zero-order valence-electron chi connectivity index (χ0n) is 14.6. The number of morpholine rings is 1. The molecule has 140 valence electrons. The van der Waals surface area contributed by atoms with Gasteiger partial charge in [-0.3, -0.25) is 4.90 Å². The van der Waals surface area contributed by atoms with Crippen LogP contribution in [0.3, 0.4) is 0 Å². The second kappa shape index (κ2) is 7.76. The molecule has 1 aromatic heterocycles. The zero-order valence-corrected chi connectivity index (χ0v) is 15.4. The van der Waals surface area contributed by atoms with Crippen molar-refractivity contribution in [2.24, 2.45) is 0 Å². The van der Waals surface area contributed by atoms with E-state index in [9.17, 15) is 9.18 Å². The Labute approximate surface area is 162 Å². The summed E-state index contributed by atoms with van der Waals surface area (Å²) in [5.74, 6) is -0.322. The average Bonchev–Trinajstić information content (AvgIpc) is 2.69. The van der Waals surface area contributed by atoms with Crippen molar-refractivity contribution in [2.45, 2.75) is 6.04 Å². The lowest BCUT2D eigenvalue weighted by Gasteiger charge is -2.39. The first kappa shape index (κ1) is 18.1. The van der Waals surface area contributed by atoms with E-state index in [2.05, 4.69) is 9.88 Å². The largest absolute Gasteiger partial charge is 0.379 e. The predicted molar refractivity (Wildman–Crippen MR) is 102 cm³/mol. The molecule has 27 heavy (non-hydrogen) atoms. The lowest BCUT2D eigenvalue weighted by Crippen LogP contribution is -2.42. The van der Waals surface area contributed by atoms with E-state index in [1.807, 2.05) is 17.0 Å². The Morgan fingerprint density at radius 1 is 1.22 bits per heavy atom. The highest BCUT2D eigenvalue weighted by atomic mass is 35.5. The molecule has 4 rings (SSSR count). The number of anilines is 1. The molecule has 0 bridgehead atoms. The summed E-state index contributed by atoms with van der Waals surface area (Å²) in [5.41, 5.74) is 3.24. The molecule has 1 fully saturated rings. The first-order valence-electron chi connectivity index (χ1n) is 8.82. The van der Waals surface area contributed by atoms with E-state index in [1.54, 1.807) is 18.3 Å². The molecule has 1 aromatic carbocycles. The van der Waals surface area contributed by atoms with E-state index in [0.29, 0.717) is 30.5 Å². The molecule has 5 nitrogen and oxygen atoms in total. The molecular weight excluding hydrogens is 369 g/mol. The third-order valence-corrected chi connectivity index (χ3v) is 5.20. The smallest absolute Gasteiger partial charge is 0.147 e. The molecule has 0 N–H and O–H groups in total. The van der Waals surface area contributed by atoms with Crippen LogP contribution in [0.4, 0.5) is 10.1 Å². The van der Waals surface area contributed by atoms with Crippen molar-refractivity contribution in [3.8, 4) is 0 Å². The maximum Gasteiger partial charge on any atom is 0.147 e. The van der Waals surface area contributed by atoms with Crippen LogP contribution in [-0.2, 0) is 9.53 Å². The molecule has 0 radical (unpaired) electrons. The summed E-state index contributed by atoms with van der Waals surface area (Å²) in [6.07, 6.45) is 4.53. The number of aromatic nitrogens is 1. The van der Waals surface area contributed by atoms with Gasteiger partial charge in [0.25, 0.3) is 0 Å². The van der Waals surface area contributed by atoms with Crippen molar-refractivity contribution in [1.82, 2.24) is 9.88 Å². The normalized spacial score (nSPS) is 20.1. The van der Waals surface area contributed by atoms with Gasteiger partial charge in [0.2, 0.25) is 0 Å². The summed E-state index contributed by atoms with van der Waals surface area (Å²) in [6.45, 7) is 3.68. The summed E-state index contributed by atoms with van der Waals surface area (Å²) in [5, 5.41) is 0.304. The van der Waals surface area contributed by atoms with Gasteiger partial charge >= 0.3 is 0 Å². The number of hydrogen-bond acceptors (Lipinski definition) is 5. The quantitative estimate of drug-likeness (QED) is 0.595. The van der Waals surface area contributed by atoms with Crippen LogP contribution in [-0.4, -0.2) is 49.0 Å². The average molecular weight is 388 g/mol. The lowest BCUT2D eigenvalue weighted by atomic mass is 9.95. The summed E-state index contributed by atoms with van der Waals surface area (Å²) >= 11 is 6.32. The monoisotopic (exact) mass is 387 g/mol. The van der Waals surface area contributed by atoms with Gasteiger partial charge in [0.05, 0.1) is 13.2 Å². The lowest BCUT2D eigenvalue weighted by molar-refractivity contribution is -0.109. The number of fused-ring (bicyclic) bond motifs is 1. The van der Waals surface area contributed by atoms with Crippen molar-refractivity contribution in [1.29, 1.82) is 0 Å². The van der Waals surface area contributed by atoms with Crippen LogP contribution < -0.4 is 4.90 Å². The van der Waals surface area contributed by atoms with Crippen LogP contribution in [0.15, 0.2) is 42.2 Å². The Morgan fingerprint density at radius 3 is 2.67 bits per heavy atom. The SMILES string of the molecule is O=CC1c2c(ccnc2Cl)C=C(CN2CCOCC2)N1c1ccc(F)cc1. The van der Waals surface area contributed by atoms with Gasteiger partial charge in [0, 0.05) is 42.8 Å². The predicted octanol–water partition coefficient (Wildman–Crippen LogP) is 3.31. The molecule has 0 aliphatic carbocycles. The maximum absolute atomic E-state index is 13.4. The number of carbonyl (C=O) groups excluding carboxylic acids is 1. The molecular formula is C20H19ClFN3O2. The topological polar surface area (TPSA) is 45.7 Å². The number of nitrogens with zero attached hydrogens (tertiary/aromatic N) is 3. The Morgan fingerprint density at radius 2 is 1.96 bits per heavy atom. The third-order valence-electron chi connectivity index (χ3n) is 4.90. The molecule has 0 saturated carbocycles. The number of rotatable bonds is 4. The van der Waals surface area contributed by atoms with Crippen LogP contribution >= 0.6 is 11.6 Å². The van der Waals surface area contributed by atoms with Crippen LogP contribution in [0.25, 0.3) is 6.08 Å². The minimum atomic E-state index is -0.618. The van der Waals surface area contributed by atoms with E-state index in [4.69, 9.17) is 16.3 Å². The molecule has 2 aliphatic heterocycles. The maximum atomic E-state index is 13.4. The van der Waals surface area contributed by atoms with E-state index < -0.39 is 6.04 Å². The molecule has 2 aliphatic rings. The van der Waals surface area contributed by atoms with Crippen molar-refractivity contribution in [3.63, 3.8) is 0 Å². The molecule has 1 saturated heterocycles. The summed E-state index contributed by atoms with van der Waals surface area (Å²) < 4.78 is 18.9. The number of carbonyl (C=O) groups is 1. The molecule has 3 heterocycles. The number of ether oxygens (including phenoxy) is 1. The molecule has 0 spiro atoms. The highest BCUT2D eigenvalue weighted by Gasteiger charge is 2.32. The minimum Gasteiger partial charge on any atom is -0.379 e. The van der Waals surface area contributed by atoms with Crippen molar-refractivity contribution >= 4 is 29.7 Å². The van der Waals surface area contributed by atoms with Gasteiger partial charge in [-0.2, -0.15) is 0 Å². The fraction of sp³-hybridized carbons (Fsp3) is 0.300. The Hall–Kier alpha value is -2.28. The molecule has 1 atom stereocenters. The van der Waals surface area contributed by atoms with E-state index in [1.165, 1.54) is 12.1 Å². The van der Waals surface area contributed by atoms with Crippen molar-refractivity contribution in [2.75, 3.05) is 37.7 Å². The Bertz CT molecular complexity index is 866. The Kier molecular flexibility index (Phi) is 5.20. The molecule has 2 aromatic rings. The van der Waals surface area contributed by atoms with Gasteiger partial charge in [-0.05, 0) is 42.0 Å². The van der Waals surface area contributed by atoms with Crippen LogP contribution in [0.1, 0.15) is 17.2 Å². The number of hydrogen-bond donors (Lipinski definition) is 0. The first-order valence-corrected chi connectivity index (χ1v) is 9.20. The second-order valence-corrected chi connectivity index (χ2v) is 6.91. The number of benzene rings is 1.